The highest BCUT2D eigenvalue weighted by Gasteiger charge is 2.20. The van der Waals surface area contributed by atoms with Crippen molar-refractivity contribution in [2.24, 2.45) is 0 Å². The number of fused-ring (bicyclic) bond motifs is 1. The Kier molecular flexibility index (Phi) is 4.62. The number of hydrogen-bond acceptors (Lipinski definition) is 6. The Labute approximate surface area is 146 Å². The topological polar surface area (TPSA) is 101 Å². The highest BCUT2D eigenvalue weighted by atomic mass is 32.1. The van der Waals surface area contributed by atoms with Crippen molar-refractivity contribution in [1.82, 2.24) is 9.97 Å². The Bertz CT molecular complexity index is 1020. The number of esters is 1. The van der Waals surface area contributed by atoms with E-state index >= 15 is 0 Å². The first-order valence-electron chi connectivity index (χ1n) is 7.55. The number of carbonyl (C=O) groups excluding carboxylic acids is 2. The molecule has 128 valence electrons. The van der Waals surface area contributed by atoms with Crippen LogP contribution in [0.3, 0.4) is 0 Å². The smallest absolute Gasteiger partial charge is 0.357 e. The van der Waals surface area contributed by atoms with Crippen molar-refractivity contribution < 1.29 is 14.3 Å². The molecule has 0 aliphatic carbocycles. The third-order valence-corrected chi connectivity index (χ3v) is 4.79. The first kappa shape index (κ1) is 16.8. The van der Waals surface area contributed by atoms with Gasteiger partial charge in [0.1, 0.15) is 0 Å². The van der Waals surface area contributed by atoms with Crippen molar-refractivity contribution in [3.05, 3.63) is 57.0 Å². The standard InChI is InChI=1S/C17H15N3O4S/c1-3-12-13(16(23)24-2)19-17(25-12)20-15(22)11-8-18-14(21)10-7-5-4-6-9(10)11/h4-8H,3H2,1-2H3,(H,18,21)(H,19,20,22). The summed E-state index contributed by atoms with van der Waals surface area (Å²) in [5, 5.41) is 3.96. The van der Waals surface area contributed by atoms with Crippen LogP contribution >= 0.6 is 11.3 Å². The molecule has 7 nitrogen and oxygen atoms in total. The summed E-state index contributed by atoms with van der Waals surface area (Å²) >= 11 is 1.22. The zero-order valence-electron chi connectivity index (χ0n) is 13.6. The number of hydrogen-bond donors (Lipinski definition) is 2. The molecule has 2 heterocycles. The summed E-state index contributed by atoms with van der Waals surface area (Å²) in [5.41, 5.74) is 0.266. The maximum atomic E-state index is 12.6. The monoisotopic (exact) mass is 357 g/mol. The predicted molar refractivity (Wildman–Crippen MR) is 95.4 cm³/mol. The summed E-state index contributed by atoms with van der Waals surface area (Å²) in [5.74, 6) is -0.955. The minimum Gasteiger partial charge on any atom is -0.464 e. The molecule has 0 aliphatic rings. The maximum absolute atomic E-state index is 12.6. The maximum Gasteiger partial charge on any atom is 0.357 e. The third-order valence-electron chi connectivity index (χ3n) is 3.67. The quantitative estimate of drug-likeness (QED) is 0.699. The first-order valence-corrected chi connectivity index (χ1v) is 8.36. The number of rotatable bonds is 4. The fraction of sp³-hybridized carbons (Fsp3) is 0.176. The number of nitrogens with one attached hydrogen (secondary N) is 2. The zero-order valence-corrected chi connectivity index (χ0v) is 14.4. The van der Waals surface area contributed by atoms with Crippen LogP contribution in [-0.2, 0) is 11.2 Å². The minimum absolute atomic E-state index is 0.205. The van der Waals surface area contributed by atoms with Gasteiger partial charge in [0.05, 0.1) is 12.7 Å². The number of carbonyl (C=O) groups is 2. The number of anilines is 1. The van der Waals surface area contributed by atoms with Gasteiger partial charge in [-0.1, -0.05) is 25.1 Å². The summed E-state index contributed by atoms with van der Waals surface area (Å²) in [6.45, 7) is 1.89. The Morgan fingerprint density at radius 3 is 2.68 bits per heavy atom. The van der Waals surface area contributed by atoms with Crippen molar-refractivity contribution in [3.63, 3.8) is 0 Å². The fourth-order valence-corrected chi connectivity index (χ4v) is 3.35. The van der Waals surface area contributed by atoms with E-state index in [1.165, 1.54) is 24.6 Å². The van der Waals surface area contributed by atoms with E-state index < -0.39 is 11.9 Å². The lowest BCUT2D eigenvalue weighted by Gasteiger charge is -2.05. The molecule has 2 N–H and O–H groups in total. The van der Waals surface area contributed by atoms with E-state index in [0.29, 0.717) is 27.9 Å². The average Bonchev–Trinajstić information content (AvgIpc) is 3.04. The fourth-order valence-electron chi connectivity index (χ4n) is 2.46. The lowest BCUT2D eigenvalue weighted by Crippen LogP contribution is -2.16. The van der Waals surface area contributed by atoms with Gasteiger partial charge in [-0.2, -0.15) is 0 Å². The second kappa shape index (κ2) is 6.86. The Morgan fingerprint density at radius 1 is 1.28 bits per heavy atom. The van der Waals surface area contributed by atoms with Crippen LogP contribution in [0.25, 0.3) is 10.8 Å². The molecule has 0 radical (unpaired) electrons. The van der Waals surface area contributed by atoms with Crippen LogP contribution < -0.4 is 10.9 Å². The second-order valence-electron chi connectivity index (χ2n) is 5.17. The molecule has 3 aromatic rings. The lowest BCUT2D eigenvalue weighted by atomic mass is 10.1. The number of thiazole rings is 1. The first-order chi connectivity index (χ1) is 12.0. The van der Waals surface area contributed by atoms with Crippen LogP contribution in [0.4, 0.5) is 5.13 Å². The number of aromatic amines is 1. The molecule has 0 saturated heterocycles. The van der Waals surface area contributed by atoms with E-state index in [2.05, 4.69) is 15.3 Å². The highest BCUT2D eigenvalue weighted by molar-refractivity contribution is 7.16. The second-order valence-corrected chi connectivity index (χ2v) is 6.25. The highest BCUT2D eigenvalue weighted by Crippen LogP contribution is 2.25. The van der Waals surface area contributed by atoms with E-state index in [1.54, 1.807) is 24.3 Å². The van der Waals surface area contributed by atoms with Crippen molar-refractivity contribution in [1.29, 1.82) is 0 Å². The minimum atomic E-state index is -0.539. The van der Waals surface area contributed by atoms with Gasteiger partial charge in [-0.05, 0) is 12.5 Å². The van der Waals surface area contributed by atoms with Gasteiger partial charge in [0, 0.05) is 21.8 Å². The van der Waals surface area contributed by atoms with Crippen LogP contribution in [-0.4, -0.2) is 29.0 Å². The molecular formula is C17H15N3O4S. The molecule has 3 rings (SSSR count). The van der Waals surface area contributed by atoms with Gasteiger partial charge in [-0.3, -0.25) is 14.9 Å². The molecule has 1 aromatic carbocycles. The zero-order chi connectivity index (χ0) is 18.0. The molecule has 0 atom stereocenters. The SMILES string of the molecule is CCc1sc(NC(=O)c2c[nH]c(=O)c3ccccc23)nc1C(=O)OC. The predicted octanol–water partition coefficient (Wildman–Crippen LogP) is 2.59. The number of benzene rings is 1. The largest absolute Gasteiger partial charge is 0.464 e. The molecule has 1 amide bonds. The molecule has 0 aliphatic heterocycles. The summed E-state index contributed by atoms with van der Waals surface area (Å²) in [6, 6.07) is 6.85. The van der Waals surface area contributed by atoms with Gasteiger partial charge in [-0.15, -0.1) is 11.3 Å². The van der Waals surface area contributed by atoms with E-state index in [9.17, 15) is 14.4 Å². The number of H-pyrrole nitrogens is 1. The van der Waals surface area contributed by atoms with Crippen molar-refractivity contribution in [2.75, 3.05) is 12.4 Å². The lowest BCUT2D eigenvalue weighted by molar-refractivity contribution is 0.0593. The number of methoxy groups -OCH3 is 1. The summed E-state index contributed by atoms with van der Waals surface area (Å²) in [7, 11) is 1.28. The number of pyridine rings is 1. The molecule has 0 saturated carbocycles. The Hall–Kier alpha value is -3.00. The van der Waals surface area contributed by atoms with E-state index in [-0.39, 0.29) is 11.3 Å². The van der Waals surface area contributed by atoms with Gasteiger partial charge in [0.25, 0.3) is 11.5 Å². The molecule has 0 fully saturated rings. The molecule has 0 spiro atoms. The molecular weight excluding hydrogens is 342 g/mol. The number of aryl methyl sites for hydroxylation is 1. The van der Waals surface area contributed by atoms with Gasteiger partial charge in [0.15, 0.2) is 10.8 Å². The van der Waals surface area contributed by atoms with Crippen molar-refractivity contribution in [2.45, 2.75) is 13.3 Å². The number of aromatic nitrogens is 2. The summed E-state index contributed by atoms with van der Waals surface area (Å²) < 4.78 is 4.71. The summed E-state index contributed by atoms with van der Waals surface area (Å²) in [6.07, 6.45) is 1.97. The van der Waals surface area contributed by atoms with Gasteiger partial charge < -0.3 is 9.72 Å². The van der Waals surface area contributed by atoms with Gasteiger partial charge in [-0.25, -0.2) is 9.78 Å². The van der Waals surface area contributed by atoms with E-state index in [1.807, 2.05) is 6.92 Å². The molecule has 0 bridgehead atoms. The van der Waals surface area contributed by atoms with Crippen LogP contribution in [0.5, 0.6) is 0 Å². The Morgan fingerprint density at radius 2 is 2.00 bits per heavy atom. The van der Waals surface area contributed by atoms with E-state index in [0.717, 1.165) is 4.88 Å². The van der Waals surface area contributed by atoms with E-state index in [4.69, 9.17) is 4.74 Å². The van der Waals surface area contributed by atoms with Gasteiger partial charge >= 0.3 is 5.97 Å². The van der Waals surface area contributed by atoms with Crippen molar-refractivity contribution in [3.8, 4) is 0 Å². The molecule has 25 heavy (non-hydrogen) atoms. The number of ether oxygens (including phenoxy) is 1. The molecule has 0 unspecified atom stereocenters. The van der Waals surface area contributed by atoms with Crippen LogP contribution in [0.2, 0.25) is 0 Å². The van der Waals surface area contributed by atoms with Gasteiger partial charge in [0.2, 0.25) is 0 Å². The third kappa shape index (κ3) is 3.16. The number of amides is 1. The van der Waals surface area contributed by atoms with Crippen molar-refractivity contribution >= 4 is 39.1 Å². The average molecular weight is 357 g/mol. The normalized spacial score (nSPS) is 10.6. The Balaban J connectivity index is 1.96. The number of nitrogens with zero attached hydrogens (tertiary/aromatic N) is 1. The van der Waals surface area contributed by atoms with Crippen LogP contribution in [0.15, 0.2) is 35.3 Å². The van der Waals surface area contributed by atoms with Crippen LogP contribution in [0, 0.1) is 0 Å². The van der Waals surface area contributed by atoms with Crippen LogP contribution in [0.1, 0.15) is 32.6 Å². The molecule has 2 aromatic heterocycles. The molecule has 8 heteroatoms. The summed E-state index contributed by atoms with van der Waals surface area (Å²) in [4.78, 5) is 43.6.